The van der Waals surface area contributed by atoms with Crippen molar-refractivity contribution in [2.24, 2.45) is 0 Å². The van der Waals surface area contributed by atoms with Crippen LogP contribution in [0, 0.1) is 0 Å². The van der Waals surface area contributed by atoms with Gasteiger partial charge in [-0.2, -0.15) is 0 Å². The highest BCUT2D eigenvalue weighted by Gasteiger charge is 2.37. The van der Waals surface area contributed by atoms with Crippen molar-refractivity contribution in [2.45, 2.75) is 51.6 Å². The topological polar surface area (TPSA) is 12.5 Å². The number of ether oxygens (including phenoxy) is 1. The van der Waals surface area contributed by atoms with Gasteiger partial charge in [0.1, 0.15) is 0 Å². The van der Waals surface area contributed by atoms with Gasteiger partial charge in [-0.3, -0.25) is 0 Å². The average Bonchev–Trinajstić information content (AvgIpc) is 2.77. The summed E-state index contributed by atoms with van der Waals surface area (Å²) in [5, 5.41) is 0. The Hall–Kier alpha value is -0.300. The van der Waals surface area contributed by atoms with E-state index < -0.39 is 0 Å². The highest BCUT2D eigenvalue weighted by atomic mass is 16.6. The van der Waals surface area contributed by atoms with Crippen molar-refractivity contribution < 1.29 is 4.74 Å². The van der Waals surface area contributed by atoms with Crippen molar-refractivity contribution in [2.75, 3.05) is 6.61 Å². The first-order chi connectivity index (χ1) is 5.77. The fourth-order valence-corrected chi connectivity index (χ4v) is 1.20. The Morgan fingerprint density at radius 1 is 1.33 bits per heavy atom. The van der Waals surface area contributed by atoms with Gasteiger partial charge in [0.2, 0.25) is 0 Å². The minimum atomic E-state index is 0.210. The van der Waals surface area contributed by atoms with Crippen molar-refractivity contribution in [1.82, 2.24) is 0 Å². The van der Waals surface area contributed by atoms with E-state index in [1.807, 2.05) is 0 Å². The maximum Gasteiger partial charge on any atom is 0.0922 e. The minimum Gasteiger partial charge on any atom is -0.370 e. The molecule has 0 saturated carbocycles. The maximum absolute atomic E-state index is 5.27. The monoisotopic (exact) mass is 168 g/mol. The molecule has 1 fully saturated rings. The summed E-state index contributed by atoms with van der Waals surface area (Å²) in [7, 11) is 0. The molecule has 1 saturated heterocycles. The molecule has 0 aliphatic carbocycles. The molecule has 0 aromatic rings. The summed E-state index contributed by atoms with van der Waals surface area (Å²) in [5.41, 5.74) is 0.210. The molecular formula is C11H20O. The quantitative estimate of drug-likeness (QED) is 0.337. The second-order valence-corrected chi connectivity index (χ2v) is 3.91. The number of rotatable bonds is 6. The van der Waals surface area contributed by atoms with Gasteiger partial charge in [0.25, 0.3) is 0 Å². The molecule has 70 valence electrons. The minimum absolute atomic E-state index is 0.210. The van der Waals surface area contributed by atoms with Gasteiger partial charge in [-0.25, -0.2) is 0 Å². The molecule has 0 N–H and O–H groups in total. The lowest BCUT2D eigenvalue weighted by Gasteiger charge is -1.97. The van der Waals surface area contributed by atoms with Crippen molar-refractivity contribution in [1.29, 1.82) is 0 Å². The molecule has 1 aliphatic heterocycles. The molecule has 0 aromatic heterocycles. The third-order valence-electron chi connectivity index (χ3n) is 2.33. The fourth-order valence-electron chi connectivity index (χ4n) is 1.20. The SMILES string of the molecule is CCCCC/C=C\C[C@@]1(C)CO1. The van der Waals surface area contributed by atoms with E-state index in [1.54, 1.807) is 0 Å². The average molecular weight is 168 g/mol. The Labute approximate surface area is 75.8 Å². The lowest BCUT2D eigenvalue weighted by molar-refractivity contribution is 0.325. The van der Waals surface area contributed by atoms with E-state index in [0.717, 1.165) is 13.0 Å². The summed E-state index contributed by atoms with van der Waals surface area (Å²) in [6.07, 6.45) is 10.9. The van der Waals surface area contributed by atoms with E-state index in [9.17, 15) is 0 Å². The zero-order chi connectivity index (χ0) is 8.86. The Morgan fingerprint density at radius 2 is 2.08 bits per heavy atom. The van der Waals surface area contributed by atoms with Crippen LogP contribution in [0.25, 0.3) is 0 Å². The molecular weight excluding hydrogens is 148 g/mol. The Kier molecular flexibility index (Phi) is 3.80. The van der Waals surface area contributed by atoms with Crippen LogP contribution in [0.2, 0.25) is 0 Å². The van der Waals surface area contributed by atoms with Crippen molar-refractivity contribution in [3.63, 3.8) is 0 Å². The highest BCUT2D eigenvalue weighted by molar-refractivity contribution is 4.96. The molecule has 0 spiro atoms. The van der Waals surface area contributed by atoms with Gasteiger partial charge in [0.15, 0.2) is 0 Å². The van der Waals surface area contributed by atoms with Gasteiger partial charge < -0.3 is 4.74 Å². The fraction of sp³-hybridized carbons (Fsp3) is 0.818. The summed E-state index contributed by atoms with van der Waals surface area (Å²) in [5.74, 6) is 0. The van der Waals surface area contributed by atoms with Crippen LogP contribution >= 0.6 is 0 Å². The molecule has 1 heteroatoms. The van der Waals surface area contributed by atoms with Crippen LogP contribution in [0.15, 0.2) is 12.2 Å². The maximum atomic E-state index is 5.27. The molecule has 1 nitrogen and oxygen atoms in total. The van der Waals surface area contributed by atoms with Crippen LogP contribution in [0.1, 0.15) is 46.0 Å². The van der Waals surface area contributed by atoms with Crippen LogP contribution in [-0.4, -0.2) is 12.2 Å². The summed E-state index contributed by atoms with van der Waals surface area (Å²) in [4.78, 5) is 0. The molecule has 1 heterocycles. The summed E-state index contributed by atoms with van der Waals surface area (Å²) in [6, 6.07) is 0. The van der Waals surface area contributed by atoms with Gasteiger partial charge >= 0.3 is 0 Å². The lowest BCUT2D eigenvalue weighted by atomic mass is 10.1. The van der Waals surface area contributed by atoms with Gasteiger partial charge in [0, 0.05) is 0 Å². The Bertz CT molecular complexity index is 145. The normalized spacial score (nSPS) is 28.2. The van der Waals surface area contributed by atoms with Gasteiger partial charge in [-0.05, 0) is 26.2 Å². The van der Waals surface area contributed by atoms with E-state index in [0.29, 0.717) is 0 Å². The number of epoxide rings is 1. The van der Waals surface area contributed by atoms with Crippen molar-refractivity contribution >= 4 is 0 Å². The van der Waals surface area contributed by atoms with Crippen LogP contribution in [-0.2, 0) is 4.74 Å². The molecule has 1 atom stereocenters. The number of hydrogen-bond acceptors (Lipinski definition) is 1. The van der Waals surface area contributed by atoms with Crippen molar-refractivity contribution in [3.05, 3.63) is 12.2 Å². The smallest absolute Gasteiger partial charge is 0.0922 e. The standard InChI is InChI=1S/C11H20O/c1-3-4-5-6-7-8-9-11(2)10-12-11/h7-8H,3-6,9-10H2,1-2H3/b8-7-/t11-/m0/s1. The molecule has 12 heavy (non-hydrogen) atoms. The molecule has 1 rings (SSSR count). The summed E-state index contributed by atoms with van der Waals surface area (Å²) >= 11 is 0. The lowest BCUT2D eigenvalue weighted by Crippen LogP contribution is -2.00. The number of hydrogen-bond donors (Lipinski definition) is 0. The van der Waals surface area contributed by atoms with Crippen LogP contribution < -0.4 is 0 Å². The van der Waals surface area contributed by atoms with Crippen LogP contribution in [0.4, 0.5) is 0 Å². The van der Waals surface area contributed by atoms with Gasteiger partial charge in [0.05, 0.1) is 12.2 Å². The summed E-state index contributed by atoms with van der Waals surface area (Å²) < 4.78 is 5.27. The van der Waals surface area contributed by atoms with Crippen LogP contribution in [0.3, 0.4) is 0 Å². The van der Waals surface area contributed by atoms with E-state index in [-0.39, 0.29) is 5.60 Å². The van der Waals surface area contributed by atoms with Gasteiger partial charge in [-0.1, -0.05) is 31.9 Å². The third-order valence-corrected chi connectivity index (χ3v) is 2.33. The summed E-state index contributed by atoms with van der Waals surface area (Å²) in [6.45, 7) is 5.36. The first-order valence-electron chi connectivity index (χ1n) is 5.06. The molecule has 0 amide bonds. The van der Waals surface area contributed by atoms with Crippen LogP contribution in [0.5, 0.6) is 0 Å². The third kappa shape index (κ3) is 3.91. The second-order valence-electron chi connectivity index (χ2n) is 3.91. The van der Waals surface area contributed by atoms with E-state index in [4.69, 9.17) is 4.74 Å². The first-order valence-corrected chi connectivity index (χ1v) is 5.06. The van der Waals surface area contributed by atoms with E-state index in [2.05, 4.69) is 26.0 Å². The second kappa shape index (κ2) is 4.66. The molecule has 1 aliphatic rings. The Morgan fingerprint density at radius 3 is 2.67 bits per heavy atom. The van der Waals surface area contributed by atoms with E-state index in [1.165, 1.54) is 25.7 Å². The van der Waals surface area contributed by atoms with Crippen molar-refractivity contribution in [3.8, 4) is 0 Å². The molecule has 0 bridgehead atoms. The number of allylic oxidation sites excluding steroid dienone is 1. The van der Waals surface area contributed by atoms with E-state index >= 15 is 0 Å². The first kappa shape index (κ1) is 9.79. The van der Waals surface area contributed by atoms with Gasteiger partial charge in [-0.15, -0.1) is 0 Å². The molecule has 0 unspecified atom stereocenters. The zero-order valence-electron chi connectivity index (χ0n) is 8.31. The Balaban J connectivity index is 1.91. The predicted molar refractivity (Wildman–Crippen MR) is 52.3 cm³/mol. The largest absolute Gasteiger partial charge is 0.370 e. The predicted octanol–water partition coefficient (Wildman–Crippen LogP) is 3.30. The number of unbranched alkanes of at least 4 members (excludes halogenated alkanes) is 3. The molecule has 0 radical (unpaired) electrons. The highest BCUT2D eigenvalue weighted by Crippen LogP contribution is 2.30. The zero-order valence-corrected chi connectivity index (χ0v) is 8.31. The molecule has 0 aromatic carbocycles.